The van der Waals surface area contributed by atoms with Gasteiger partial charge in [-0.05, 0) is 72.6 Å². The monoisotopic (exact) mass is 471 g/mol. The standard InChI is InChI=1S/C23H25N3O4S2/c1-30-19-11-7-16(8-12-19)15-21-22(27)26(18-5-3-2-4-6-18)23(31-21)25-17-9-13-20(14-10-17)32(24,28)29/h7-15,18H,2-6H2,1H3,(H2,24,28,29)/b21-15?,25-23-. The lowest BCUT2D eigenvalue weighted by molar-refractivity contribution is -0.124. The van der Waals surface area contributed by atoms with E-state index in [0.29, 0.717) is 15.8 Å². The van der Waals surface area contributed by atoms with Gasteiger partial charge in [0.2, 0.25) is 10.0 Å². The van der Waals surface area contributed by atoms with E-state index in [-0.39, 0.29) is 16.8 Å². The summed E-state index contributed by atoms with van der Waals surface area (Å²) in [6.45, 7) is 0. The van der Waals surface area contributed by atoms with Crippen LogP contribution in [0.1, 0.15) is 37.7 Å². The third kappa shape index (κ3) is 5.06. The third-order valence-corrected chi connectivity index (χ3v) is 7.49. The van der Waals surface area contributed by atoms with Crippen LogP contribution in [0.25, 0.3) is 6.08 Å². The molecular weight excluding hydrogens is 446 g/mol. The molecule has 4 rings (SSSR count). The van der Waals surface area contributed by atoms with Gasteiger partial charge in [-0.25, -0.2) is 18.5 Å². The van der Waals surface area contributed by atoms with Crippen LogP contribution in [0.15, 0.2) is 63.3 Å². The van der Waals surface area contributed by atoms with Gasteiger partial charge in [-0.15, -0.1) is 0 Å². The van der Waals surface area contributed by atoms with Crippen LogP contribution >= 0.6 is 11.8 Å². The van der Waals surface area contributed by atoms with E-state index in [9.17, 15) is 13.2 Å². The molecule has 7 nitrogen and oxygen atoms in total. The number of carbonyl (C=O) groups excluding carboxylic acids is 1. The Kier molecular flexibility index (Phi) is 6.68. The number of amides is 1. The van der Waals surface area contributed by atoms with Crippen molar-refractivity contribution in [1.29, 1.82) is 0 Å². The number of amidine groups is 1. The van der Waals surface area contributed by atoms with E-state index in [0.717, 1.165) is 37.0 Å². The summed E-state index contributed by atoms with van der Waals surface area (Å²) in [7, 11) is -2.15. The summed E-state index contributed by atoms with van der Waals surface area (Å²) < 4.78 is 28.2. The largest absolute Gasteiger partial charge is 0.497 e. The molecule has 1 amide bonds. The Bertz CT molecular complexity index is 1150. The number of hydrogen-bond donors (Lipinski definition) is 1. The minimum Gasteiger partial charge on any atom is -0.497 e. The summed E-state index contributed by atoms with van der Waals surface area (Å²) >= 11 is 1.34. The zero-order valence-electron chi connectivity index (χ0n) is 17.7. The molecule has 2 aliphatic rings. The number of methoxy groups -OCH3 is 1. The molecule has 0 unspecified atom stereocenters. The highest BCUT2D eigenvalue weighted by Gasteiger charge is 2.38. The molecule has 2 aromatic carbocycles. The second-order valence-electron chi connectivity index (χ2n) is 7.78. The molecular formula is C23H25N3O4S2. The normalized spacial score (nSPS) is 20.3. The predicted octanol–water partition coefficient (Wildman–Crippen LogP) is 4.28. The highest BCUT2D eigenvalue weighted by atomic mass is 32.2. The molecule has 1 aliphatic carbocycles. The Balaban J connectivity index is 1.67. The van der Waals surface area contributed by atoms with Crippen LogP contribution in [0.2, 0.25) is 0 Å². The van der Waals surface area contributed by atoms with Gasteiger partial charge in [0, 0.05) is 6.04 Å². The van der Waals surface area contributed by atoms with Gasteiger partial charge in [-0.2, -0.15) is 0 Å². The molecule has 2 aromatic rings. The van der Waals surface area contributed by atoms with Crippen molar-refractivity contribution in [3.63, 3.8) is 0 Å². The van der Waals surface area contributed by atoms with E-state index in [4.69, 9.17) is 14.9 Å². The molecule has 2 fully saturated rings. The number of sulfonamides is 1. The summed E-state index contributed by atoms with van der Waals surface area (Å²) in [5.74, 6) is 0.712. The first-order valence-electron chi connectivity index (χ1n) is 10.4. The van der Waals surface area contributed by atoms with Crippen LogP contribution in [0.4, 0.5) is 5.69 Å². The fourth-order valence-electron chi connectivity index (χ4n) is 3.90. The summed E-state index contributed by atoms with van der Waals surface area (Å²) in [5, 5.41) is 5.80. The molecule has 0 spiro atoms. The SMILES string of the molecule is COc1ccc(C=C2S/C(=N\c3ccc(S(N)(=O)=O)cc3)N(C3CCCCC3)C2=O)cc1. The summed E-state index contributed by atoms with van der Waals surface area (Å²) in [5.41, 5.74) is 1.48. The van der Waals surface area contributed by atoms with E-state index >= 15 is 0 Å². The molecule has 1 saturated heterocycles. The topological polar surface area (TPSA) is 102 Å². The van der Waals surface area contributed by atoms with Gasteiger partial charge in [0.15, 0.2) is 5.17 Å². The van der Waals surface area contributed by atoms with Gasteiger partial charge < -0.3 is 4.74 Å². The van der Waals surface area contributed by atoms with Crippen LogP contribution in [-0.2, 0) is 14.8 Å². The van der Waals surface area contributed by atoms with Crippen molar-refractivity contribution in [2.75, 3.05) is 7.11 Å². The van der Waals surface area contributed by atoms with Crippen molar-refractivity contribution in [2.24, 2.45) is 10.1 Å². The summed E-state index contributed by atoms with van der Waals surface area (Å²) in [4.78, 5) is 20.5. The second kappa shape index (κ2) is 9.48. The quantitative estimate of drug-likeness (QED) is 0.656. The van der Waals surface area contributed by atoms with Crippen molar-refractivity contribution in [1.82, 2.24) is 4.90 Å². The molecule has 2 N–H and O–H groups in total. The predicted molar refractivity (Wildman–Crippen MR) is 127 cm³/mol. The molecule has 0 bridgehead atoms. The summed E-state index contributed by atoms with van der Waals surface area (Å²) in [6, 6.07) is 13.7. The fraction of sp³-hybridized carbons (Fsp3) is 0.304. The molecule has 168 valence electrons. The maximum atomic E-state index is 13.4. The Hall–Kier alpha value is -2.62. The van der Waals surface area contributed by atoms with Crippen LogP contribution in [-0.4, -0.2) is 37.5 Å². The highest BCUT2D eigenvalue weighted by molar-refractivity contribution is 8.18. The molecule has 0 radical (unpaired) electrons. The molecule has 1 saturated carbocycles. The zero-order valence-corrected chi connectivity index (χ0v) is 19.4. The fourth-order valence-corrected chi connectivity index (χ4v) is 5.47. The van der Waals surface area contributed by atoms with Crippen molar-refractivity contribution in [3.8, 4) is 5.75 Å². The van der Waals surface area contributed by atoms with Crippen molar-refractivity contribution in [2.45, 2.75) is 43.0 Å². The number of hydrogen-bond acceptors (Lipinski definition) is 6. The molecule has 9 heteroatoms. The number of rotatable bonds is 5. The number of thioether (sulfide) groups is 1. The number of nitrogens with zero attached hydrogens (tertiary/aromatic N) is 2. The second-order valence-corrected chi connectivity index (χ2v) is 10.4. The first-order valence-corrected chi connectivity index (χ1v) is 12.8. The van der Waals surface area contributed by atoms with E-state index in [1.165, 1.54) is 30.3 Å². The van der Waals surface area contributed by atoms with Crippen LogP contribution in [0.5, 0.6) is 5.75 Å². The smallest absolute Gasteiger partial charge is 0.267 e. The first kappa shape index (κ1) is 22.6. The average Bonchev–Trinajstić information content (AvgIpc) is 3.09. The van der Waals surface area contributed by atoms with Crippen molar-refractivity contribution in [3.05, 3.63) is 59.0 Å². The van der Waals surface area contributed by atoms with E-state index in [1.54, 1.807) is 19.2 Å². The number of carbonyl (C=O) groups is 1. The number of primary sulfonamides is 1. The molecule has 1 heterocycles. The lowest BCUT2D eigenvalue weighted by Gasteiger charge is -2.30. The lowest BCUT2D eigenvalue weighted by atomic mass is 9.94. The van der Waals surface area contributed by atoms with Gasteiger partial charge in [0.25, 0.3) is 5.91 Å². The molecule has 0 atom stereocenters. The van der Waals surface area contributed by atoms with Gasteiger partial charge in [-0.1, -0.05) is 31.4 Å². The Labute approximate surface area is 192 Å². The van der Waals surface area contributed by atoms with E-state index < -0.39 is 10.0 Å². The Morgan fingerprint density at radius 1 is 1.06 bits per heavy atom. The maximum Gasteiger partial charge on any atom is 0.267 e. The Morgan fingerprint density at radius 2 is 1.72 bits per heavy atom. The van der Waals surface area contributed by atoms with Gasteiger partial charge >= 0.3 is 0 Å². The minimum absolute atomic E-state index is 0.0285. The lowest BCUT2D eigenvalue weighted by Crippen LogP contribution is -2.40. The van der Waals surface area contributed by atoms with Crippen LogP contribution in [0.3, 0.4) is 0 Å². The minimum atomic E-state index is -3.77. The van der Waals surface area contributed by atoms with Crippen LogP contribution in [0, 0.1) is 0 Å². The van der Waals surface area contributed by atoms with Gasteiger partial charge in [0.1, 0.15) is 5.75 Å². The zero-order chi connectivity index (χ0) is 22.7. The number of ether oxygens (including phenoxy) is 1. The van der Waals surface area contributed by atoms with Gasteiger partial charge in [-0.3, -0.25) is 9.69 Å². The first-order chi connectivity index (χ1) is 15.3. The highest BCUT2D eigenvalue weighted by Crippen LogP contribution is 2.38. The third-order valence-electron chi connectivity index (χ3n) is 5.58. The van der Waals surface area contributed by atoms with E-state index in [1.807, 2.05) is 35.2 Å². The van der Waals surface area contributed by atoms with Crippen molar-refractivity contribution >= 4 is 44.6 Å². The Morgan fingerprint density at radius 3 is 2.31 bits per heavy atom. The molecule has 32 heavy (non-hydrogen) atoms. The summed E-state index contributed by atoms with van der Waals surface area (Å²) in [6.07, 6.45) is 7.13. The average molecular weight is 472 g/mol. The van der Waals surface area contributed by atoms with Crippen molar-refractivity contribution < 1.29 is 17.9 Å². The number of aliphatic imine (C=N–C) groups is 1. The number of benzene rings is 2. The maximum absolute atomic E-state index is 13.4. The van der Waals surface area contributed by atoms with E-state index in [2.05, 4.69) is 0 Å². The number of nitrogens with two attached hydrogens (primary N) is 1. The van der Waals surface area contributed by atoms with Gasteiger partial charge in [0.05, 0.1) is 22.6 Å². The molecule has 1 aliphatic heterocycles. The molecule has 0 aromatic heterocycles. The van der Waals surface area contributed by atoms with Crippen LogP contribution < -0.4 is 9.88 Å².